The van der Waals surface area contributed by atoms with Crippen molar-refractivity contribution in [3.63, 3.8) is 0 Å². The van der Waals surface area contributed by atoms with E-state index >= 15 is 0 Å². The third-order valence-electron chi connectivity index (χ3n) is 8.89. The fourth-order valence-corrected chi connectivity index (χ4v) is 7.92. The topological polar surface area (TPSA) is 153 Å². The summed E-state index contributed by atoms with van der Waals surface area (Å²) in [5.74, 6) is -0.603. The lowest BCUT2D eigenvalue weighted by Crippen LogP contribution is -2.41. The van der Waals surface area contributed by atoms with Gasteiger partial charge in [-0.1, -0.05) is 31.0 Å². The van der Waals surface area contributed by atoms with Crippen molar-refractivity contribution in [1.29, 1.82) is 0 Å². The molecule has 6 N–H and O–H groups in total. The molecule has 4 aromatic rings. The third-order valence-corrected chi connectivity index (χ3v) is 10.9. The highest BCUT2D eigenvalue weighted by Crippen LogP contribution is 2.38. The maximum atomic E-state index is 13.2. The summed E-state index contributed by atoms with van der Waals surface area (Å²) in [5.41, 5.74) is -1.04. The number of thiophene rings is 2. The number of aromatic amines is 1. The number of unbranched alkanes of at least 4 members (excludes halogenated alkanes) is 3. The number of carbonyl (C=O) groups excluding carboxylic acids is 1. The van der Waals surface area contributed by atoms with E-state index in [9.17, 15) is 24.9 Å². The Morgan fingerprint density at radius 2 is 1.61 bits per heavy atom. The molecule has 0 saturated heterocycles. The maximum absolute atomic E-state index is 13.2. The predicted molar refractivity (Wildman–Crippen MR) is 192 cm³/mol. The second-order valence-electron chi connectivity index (χ2n) is 12.4. The molecule has 0 amide bonds. The van der Waals surface area contributed by atoms with E-state index in [2.05, 4.69) is 15.6 Å². The summed E-state index contributed by atoms with van der Waals surface area (Å²) in [4.78, 5) is 28.6. The highest BCUT2D eigenvalue weighted by molar-refractivity contribution is 7.12. The van der Waals surface area contributed by atoms with Gasteiger partial charge in [-0.15, -0.1) is 22.7 Å². The number of esters is 1. The Labute approximate surface area is 293 Å². The minimum Gasteiger partial charge on any atom is -0.506 e. The maximum Gasteiger partial charge on any atom is 0.349 e. The molecule has 13 heteroatoms. The van der Waals surface area contributed by atoms with Gasteiger partial charge < -0.3 is 40.4 Å². The number of aromatic hydroxyl groups is 1. The number of rotatable bonds is 19. The molecule has 0 unspecified atom stereocenters. The molecule has 3 aromatic heterocycles. The molecule has 1 aliphatic carbocycles. The molecule has 268 valence electrons. The van der Waals surface area contributed by atoms with E-state index in [0.29, 0.717) is 38.8 Å². The summed E-state index contributed by atoms with van der Waals surface area (Å²) in [6, 6.07) is 13.8. The molecule has 0 radical (unpaired) electrons. The summed E-state index contributed by atoms with van der Waals surface area (Å²) in [5, 5.41) is 43.4. The van der Waals surface area contributed by atoms with Crippen LogP contribution in [0.1, 0.15) is 79.2 Å². The average molecular weight is 718 g/mol. The number of phenols is 1. The number of phenolic OH excluding ortho intramolecular Hbond substituents is 1. The number of carbonyl (C=O) groups is 1. The van der Waals surface area contributed by atoms with Crippen molar-refractivity contribution in [2.75, 3.05) is 32.8 Å². The van der Waals surface area contributed by atoms with Crippen LogP contribution in [0.3, 0.4) is 0 Å². The number of fused-ring (bicyclic) bond motifs is 1. The first-order chi connectivity index (χ1) is 23.4. The van der Waals surface area contributed by atoms with Gasteiger partial charge in [0.05, 0.1) is 21.4 Å². The van der Waals surface area contributed by atoms with Crippen LogP contribution < -0.4 is 16.2 Å². The van der Waals surface area contributed by atoms with Gasteiger partial charge in [0.15, 0.2) is 0 Å². The first-order valence-corrected chi connectivity index (χ1v) is 18.7. The van der Waals surface area contributed by atoms with Gasteiger partial charge in [-0.05, 0) is 98.6 Å². The van der Waals surface area contributed by atoms with Crippen molar-refractivity contribution < 1.29 is 34.3 Å². The lowest BCUT2D eigenvalue weighted by atomic mass is 9.92. The lowest BCUT2D eigenvalue weighted by molar-refractivity contribution is -0.169. The highest BCUT2D eigenvalue weighted by atomic mass is 32.1. The minimum atomic E-state index is -1.75. The van der Waals surface area contributed by atoms with Gasteiger partial charge in [0.1, 0.15) is 11.9 Å². The Bertz CT molecular complexity index is 1570. The average Bonchev–Trinajstić information content (AvgIpc) is 3.84. The standard InChI is InChI=1S/C36H47N3O7S2.FH/c40-29-16-14-27(28-15-17-33(42)39-34(28)29)30(41)24-37-18-3-1-2-4-20-45-21-7-19-38-25-10-12-26(13-11-25)46-35(43)36(44,31-8-5-22-47-31)32-9-6-23-48-32;/h5-6,8-9,14-17,22-23,25-26,30,37-38,40-41,44H,1-4,7,10-13,18-21,24H2,(H,39,42);1H/t25?,26?,30-;/m0./s1. The zero-order chi connectivity index (χ0) is 33.8. The van der Waals surface area contributed by atoms with E-state index in [1.807, 2.05) is 22.9 Å². The Kier molecular flexibility index (Phi) is 15.2. The molecule has 0 aliphatic heterocycles. The molecule has 10 nitrogen and oxygen atoms in total. The number of aliphatic hydroxyl groups is 2. The molecular formula is C36H48FN3O7S2. The summed E-state index contributed by atoms with van der Waals surface area (Å²) in [6.07, 6.45) is 7.62. The van der Waals surface area contributed by atoms with Crippen molar-refractivity contribution in [1.82, 2.24) is 15.6 Å². The molecule has 49 heavy (non-hydrogen) atoms. The SMILES string of the molecule is F.O=C(OC1CCC(NCCCOCCCCCCNC[C@H](O)c2ccc(O)c3[nH]c(=O)ccc23)CC1)C(O)(c1cccs1)c1cccs1. The Morgan fingerprint density at radius 1 is 0.918 bits per heavy atom. The fraction of sp³-hybridized carbons (Fsp3) is 0.500. The van der Waals surface area contributed by atoms with E-state index in [1.165, 1.54) is 34.8 Å². The molecule has 3 heterocycles. The number of hydrogen-bond donors (Lipinski definition) is 6. The third kappa shape index (κ3) is 10.4. The van der Waals surface area contributed by atoms with E-state index in [-0.39, 0.29) is 22.1 Å². The number of aliphatic hydroxyl groups excluding tert-OH is 1. The number of hydrogen-bond acceptors (Lipinski definition) is 11. The van der Waals surface area contributed by atoms with Crippen molar-refractivity contribution in [2.24, 2.45) is 0 Å². The molecule has 0 bridgehead atoms. The zero-order valence-corrected chi connectivity index (χ0v) is 29.2. The van der Waals surface area contributed by atoms with Crippen LogP contribution in [0.2, 0.25) is 0 Å². The van der Waals surface area contributed by atoms with Crippen LogP contribution in [0, 0.1) is 0 Å². The molecule has 5 rings (SSSR count). The first kappa shape index (κ1) is 38.6. The van der Waals surface area contributed by atoms with Crippen LogP contribution in [-0.4, -0.2) is 71.3 Å². The molecule has 1 aromatic carbocycles. The number of H-pyrrole nitrogens is 1. The second kappa shape index (κ2) is 19.3. The van der Waals surface area contributed by atoms with Crippen LogP contribution >= 0.6 is 22.7 Å². The van der Waals surface area contributed by atoms with Gasteiger partial charge in [0.25, 0.3) is 0 Å². The number of pyridine rings is 1. The lowest BCUT2D eigenvalue weighted by Gasteiger charge is -2.32. The van der Waals surface area contributed by atoms with Crippen molar-refractivity contribution in [3.05, 3.63) is 85.0 Å². The molecule has 1 fully saturated rings. The van der Waals surface area contributed by atoms with Crippen LogP contribution in [0.5, 0.6) is 5.75 Å². The van der Waals surface area contributed by atoms with Gasteiger partial charge in [0.2, 0.25) is 11.2 Å². The summed E-state index contributed by atoms with van der Waals surface area (Å²) >= 11 is 2.71. The number of benzene rings is 1. The number of nitrogens with one attached hydrogen (secondary N) is 3. The Morgan fingerprint density at radius 3 is 2.31 bits per heavy atom. The largest absolute Gasteiger partial charge is 0.506 e. The zero-order valence-electron chi connectivity index (χ0n) is 27.6. The minimum absolute atomic E-state index is 0. The van der Waals surface area contributed by atoms with Crippen molar-refractivity contribution in [2.45, 2.75) is 81.6 Å². The van der Waals surface area contributed by atoms with Gasteiger partial charge in [0, 0.05) is 37.3 Å². The molecular weight excluding hydrogens is 670 g/mol. The van der Waals surface area contributed by atoms with Crippen molar-refractivity contribution >= 4 is 39.5 Å². The Hall–Kier alpha value is -3.17. The summed E-state index contributed by atoms with van der Waals surface area (Å²) in [7, 11) is 0. The summed E-state index contributed by atoms with van der Waals surface area (Å²) in [6.45, 7) is 3.56. The van der Waals surface area contributed by atoms with Gasteiger partial charge >= 0.3 is 5.97 Å². The molecule has 1 aliphatic rings. The second-order valence-corrected chi connectivity index (χ2v) is 14.3. The number of aromatic nitrogens is 1. The normalized spacial score (nSPS) is 17.1. The van der Waals surface area contributed by atoms with E-state index in [0.717, 1.165) is 84.1 Å². The van der Waals surface area contributed by atoms with Crippen LogP contribution in [0.4, 0.5) is 4.70 Å². The van der Waals surface area contributed by atoms with Gasteiger partial charge in [-0.2, -0.15) is 0 Å². The van der Waals surface area contributed by atoms with Gasteiger partial charge in [-0.25, -0.2) is 4.79 Å². The molecule has 1 atom stereocenters. The highest BCUT2D eigenvalue weighted by Gasteiger charge is 2.45. The van der Waals surface area contributed by atoms with Crippen LogP contribution in [0.15, 0.2) is 64.1 Å². The molecule has 0 spiro atoms. The fourth-order valence-electron chi connectivity index (χ4n) is 6.20. The van der Waals surface area contributed by atoms with Gasteiger partial charge in [-0.3, -0.25) is 9.50 Å². The van der Waals surface area contributed by atoms with E-state index < -0.39 is 17.7 Å². The van der Waals surface area contributed by atoms with E-state index in [4.69, 9.17) is 9.47 Å². The predicted octanol–water partition coefficient (Wildman–Crippen LogP) is 5.48. The van der Waals surface area contributed by atoms with Crippen molar-refractivity contribution in [3.8, 4) is 5.75 Å². The monoisotopic (exact) mass is 717 g/mol. The molecule has 1 saturated carbocycles. The van der Waals surface area contributed by atoms with E-state index in [1.54, 1.807) is 24.3 Å². The Balaban J connectivity index is 0.00000541. The number of ether oxygens (including phenoxy) is 2. The number of halogens is 1. The smallest absolute Gasteiger partial charge is 0.349 e. The first-order valence-electron chi connectivity index (χ1n) is 16.9. The van der Waals surface area contributed by atoms with Crippen LogP contribution in [0.25, 0.3) is 10.9 Å². The van der Waals surface area contributed by atoms with Crippen LogP contribution in [-0.2, 0) is 19.9 Å². The quantitative estimate of drug-likeness (QED) is 0.0547. The summed E-state index contributed by atoms with van der Waals surface area (Å²) < 4.78 is 11.7.